The number of anilines is 1. The number of hydrogen-bond acceptors (Lipinski definition) is 5. The summed E-state index contributed by atoms with van der Waals surface area (Å²) >= 11 is 0. The maximum atomic E-state index is 13.5. The van der Waals surface area contributed by atoms with Crippen molar-refractivity contribution in [2.24, 2.45) is 0 Å². The monoisotopic (exact) mass is 439 g/mol. The van der Waals surface area contributed by atoms with Gasteiger partial charge in [-0.3, -0.25) is 19.5 Å². The van der Waals surface area contributed by atoms with Gasteiger partial charge in [0.2, 0.25) is 5.95 Å². The molecule has 8 heteroatoms. The average Bonchev–Trinajstić information content (AvgIpc) is 3.20. The predicted molar refractivity (Wildman–Crippen MR) is 126 cm³/mol. The van der Waals surface area contributed by atoms with Crippen molar-refractivity contribution < 1.29 is 9.72 Å². The molecule has 2 N–H and O–H groups in total. The van der Waals surface area contributed by atoms with Crippen LogP contribution in [-0.4, -0.2) is 20.4 Å². The number of para-hydroxylation sites is 3. The minimum Gasteiger partial charge on any atom is -0.348 e. The van der Waals surface area contributed by atoms with Crippen molar-refractivity contribution in [1.29, 1.82) is 0 Å². The van der Waals surface area contributed by atoms with Gasteiger partial charge in [-0.15, -0.1) is 0 Å². The van der Waals surface area contributed by atoms with E-state index < -0.39 is 11.0 Å². The van der Waals surface area contributed by atoms with E-state index in [0.717, 1.165) is 16.6 Å². The standard InChI is InChI=1S/C25H21N5O3/c1-16-22(24(31)26-15-17-9-3-2-4-10-17)23(18-11-5-7-13-20(18)30(32)33)29-21-14-8-6-12-19(21)28-25(29)27-16/h2-14,23H,15H2,1H3,(H,26,31)(H,27,28). The summed E-state index contributed by atoms with van der Waals surface area (Å²) in [6, 6.07) is 23.0. The molecule has 4 aromatic rings. The number of rotatable bonds is 5. The molecule has 164 valence electrons. The average molecular weight is 439 g/mol. The van der Waals surface area contributed by atoms with Gasteiger partial charge in [0.25, 0.3) is 11.6 Å². The van der Waals surface area contributed by atoms with Crippen LogP contribution >= 0.6 is 0 Å². The summed E-state index contributed by atoms with van der Waals surface area (Å²) in [5, 5.41) is 18.1. The normalized spacial score (nSPS) is 15.1. The van der Waals surface area contributed by atoms with Gasteiger partial charge in [0.05, 0.1) is 27.1 Å². The van der Waals surface area contributed by atoms with E-state index in [1.165, 1.54) is 6.07 Å². The van der Waals surface area contributed by atoms with Crippen molar-refractivity contribution in [2.75, 3.05) is 5.32 Å². The third-order valence-electron chi connectivity index (χ3n) is 5.80. The molecule has 33 heavy (non-hydrogen) atoms. The molecular weight excluding hydrogens is 418 g/mol. The lowest BCUT2D eigenvalue weighted by molar-refractivity contribution is -0.385. The number of nitrogens with one attached hydrogen (secondary N) is 2. The fourth-order valence-electron chi connectivity index (χ4n) is 4.31. The second kappa shape index (κ2) is 8.23. The summed E-state index contributed by atoms with van der Waals surface area (Å²) < 4.78 is 1.86. The third-order valence-corrected chi connectivity index (χ3v) is 5.80. The first-order chi connectivity index (χ1) is 16.0. The maximum absolute atomic E-state index is 13.5. The van der Waals surface area contributed by atoms with Crippen LogP contribution in [0.3, 0.4) is 0 Å². The highest BCUT2D eigenvalue weighted by molar-refractivity contribution is 5.98. The van der Waals surface area contributed by atoms with Gasteiger partial charge in [0.1, 0.15) is 6.04 Å². The predicted octanol–water partition coefficient (Wildman–Crippen LogP) is 4.55. The number of benzene rings is 3. The van der Waals surface area contributed by atoms with Gasteiger partial charge in [-0.25, -0.2) is 4.98 Å². The van der Waals surface area contributed by atoms with Gasteiger partial charge in [0, 0.05) is 18.3 Å². The van der Waals surface area contributed by atoms with Crippen molar-refractivity contribution in [3.8, 4) is 0 Å². The number of fused-ring (bicyclic) bond motifs is 3. The van der Waals surface area contributed by atoms with Crippen LogP contribution in [0.25, 0.3) is 11.0 Å². The molecule has 8 nitrogen and oxygen atoms in total. The SMILES string of the molecule is CC1=C(C(=O)NCc2ccccc2)C(c2ccccc2[N+](=O)[O-])n2c(nc3ccccc32)N1. The van der Waals surface area contributed by atoms with Crippen LogP contribution in [0.1, 0.15) is 24.1 Å². The lowest BCUT2D eigenvalue weighted by atomic mass is 9.93. The fourth-order valence-corrected chi connectivity index (χ4v) is 4.31. The van der Waals surface area contributed by atoms with Crippen LogP contribution in [0.2, 0.25) is 0 Å². The van der Waals surface area contributed by atoms with Gasteiger partial charge in [-0.05, 0) is 30.7 Å². The van der Waals surface area contributed by atoms with Gasteiger partial charge >= 0.3 is 0 Å². The molecule has 0 radical (unpaired) electrons. The van der Waals surface area contributed by atoms with Crippen LogP contribution in [0.15, 0.2) is 90.1 Å². The second-order valence-corrected chi connectivity index (χ2v) is 7.84. The van der Waals surface area contributed by atoms with Crippen LogP contribution in [0.5, 0.6) is 0 Å². The van der Waals surface area contributed by atoms with Gasteiger partial charge in [-0.1, -0.05) is 54.6 Å². The first-order valence-electron chi connectivity index (χ1n) is 10.5. The number of allylic oxidation sites excluding steroid dienone is 1. The first-order valence-corrected chi connectivity index (χ1v) is 10.5. The number of imidazole rings is 1. The number of nitro groups is 1. The summed E-state index contributed by atoms with van der Waals surface area (Å²) in [4.78, 5) is 29.6. The Hall–Kier alpha value is -4.46. The molecule has 1 unspecified atom stereocenters. The lowest BCUT2D eigenvalue weighted by Crippen LogP contribution is -2.34. The molecule has 0 fully saturated rings. The van der Waals surface area contributed by atoms with E-state index in [-0.39, 0.29) is 11.6 Å². The van der Waals surface area contributed by atoms with E-state index in [0.29, 0.717) is 29.3 Å². The summed E-state index contributed by atoms with van der Waals surface area (Å²) in [7, 11) is 0. The highest BCUT2D eigenvalue weighted by Crippen LogP contribution is 2.41. The van der Waals surface area contributed by atoms with Crippen molar-refractivity contribution in [3.05, 3.63) is 111 Å². The topological polar surface area (TPSA) is 102 Å². The molecule has 3 aromatic carbocycles. The number of amides is 1. The minimum absolute atomic E-state index is 0.0470. The Bertz CT molecular complexity index is 1410. The molecule has 0 aliphatic carbocycles. The van der Waals surface area contributed by atoms with Crippen molar-refractivity contribution in [3.63, 3.8) is 0 Å². The molecule has 1 atom stereocenters. The zero-order valence-electron chi connectivity index (χ0n) is 17.9. The van der Waals surface area contributed by atoms with Crippen LogP contribution in [0, 0.1) is 10.1 Å². The Labute approximate surface area is 189 Å². The molecule has 1 aromatic heterocycles. The smallest absolute Gasteiger partial charge is 0.275 e. The van der Waals surface area contributed by atoms with E-state index in [9.17, 15) is 14.9 Å². The van der Waals surface area contributed by atoms with Crippen LogP contribution in [-0.2, 0) is 11.3 Å². The Morgan fingerprint density at radius 2 is 1.76 bits per heavy atom. The summed E-state index contributed by atoms with van der Waals surface area (Å²) in [6.45, 7) is 2.14. The second-order valence-electron chi connectivity index (χ2n) is 7.84. The van der Waals surface area contributed by atoms with E-state index in [1.807, 2.05) is 59.2 Å². The van der Waals surface area contributed by atoms with E-state index in [1.54, 1.807) is 25.1 Å². The first kappa shape index (κ1) is 20.4. The quantitative estimate of drug-likeness (QED) is 0.351. The number of carbonyl (C=O) groups is 1. The summed E-state index contributed by atoms with van der Waals surface area (Å²) in [5.41, 5.74) is 3.88. The van der Waals surface area contributed by atoms with Crippen LogP contribution < -0.4 is 10.6 Å². The number of nitrogens with zero attached hydrogens (tertiary/aromatic N) is 3. The Morgan fingerprint density at radius 1 is 1.06 bits per heavy atom. The highest BCUT2D eigenvalue weighted by atomic mass is 16.6. The van der Waals surface area contributed by atoms with Crippen LogP contribution in [0.4, 0.5) is 11.6 Å². The summed E-state index contributed by atoms with van der Waals surface area (Å²) in [6.07, 6.45) is 0. The number of hydrogen-bond donors (Lipinski definition) is 2. The minimum atomic E-state index is -0.717. The van der Waals surface area contributed by atoms with E-state index in [4.69, 9.17) is 0 Å². The number of aromatic nitrogens is 2. The van der Waals surface area contributed by atoms with Crippen molar-refractivity contribution in [1.82, 2.24) is 14.9 Å². The summed E-state index contributed by atoms with van der Waals surface area (Å²) in [5.74, 6) is 0.242. The lowest BCUT2D eigenvalue weighted by Gasteiger charge is -2.30. The maximum Gasteiger partial charge on any atom is 0.275 e. The van der Waals surface area contributed by atoms with Crippen molar-refractivity contribution in [2.45, 2.75) is 19.5 Å². The number of carbonyl (C=O) groups excluding carboxylic acids is 1. The van der Waals surface area contributed by atoms with E-state index >= 15 is 0 Å². The molecule has 2 heterocycles. The third kappa shape index (κ3) is 3.61. The van der Waals surface area contributed by atoms with Gasteiger partial charge < -0.3 is 10.6 Å². The Balaban J connectivity index is 1.65. The van der Waals surface area contributed by atoms with Gasteiger partial charge in [0.15, 0.2) is 0 Å². The molecule has 0 spiro atoms. The Kier molecular flexibility index (Phi) is 5.10. The zero-order valence-corrected chi connectivity index (χ0v) is 17.9. The highest BCUT2D eigenvalue weighted by Gasteiger charge is 2.37. The zero-order chi connectivity index (χ0) is 22.9. The van der Waals surface area contributed by atoms with Gasteiger partial charge in [-0.2, -0.15) is 0 Å². The molecular formula is C25H21N5O3. The molecule has 0 saturated heterocycles. The molecule has 1 aliphatic heterocycles. The molecule has 0 bridgehead atoms. The molecule has 1 aliphatic rings. The molecule has 5 rings (SSSR count). The fraction of sp³-hybridized carbons (Fsp3) is 0.120. The van der Waals surface area contributed by atoms with Crippen molar-refractivity contribution >= 4 is 28.6 Å². The molecule has 1 amide bonds. The van der Waals surface area contributed by atoms with E-state index in [2.05, 4.69) is 15.6 Å². The largest absolute Gasteiger partial charge is 0.348 e. The molecule has 0 saturated carbocycles. The Morgan fingerprint density at radius 3 is 2.55 bits per heavy atom. The number of nitro benzene ring substituents is 1.